The summed E-state index contributed by atoms with van der Waals surface area (Å²) in [6.07, 6.45) is 0. The van der Waals surface area contributed by atoms with Crippen molar-refractivity contribution in [3.05, 3.63) is 54.1 Å². The molecule has 0 aromatic heterocycles. The first-order valence-electron chi connectivity index (χ1n) is 8.05. The van der Waals surface area contributed by atoms with E-state index in [0.717, 1.165) is 0 Å². The predicted octanol–water partition coefficient (Wildman–Crippen LogP) is 3.58. The van der Waals surface area contributed by atoms with Crippen molar-refractivity contribution in [2.75, 3.05) is 24.3 Å². The Morgan fingerprint density at radius 1 is 1.08 bits per heavy atom. The van der Waals surface area contributed by atoms with Crippen molar-refractivity contribution >= 4 is 23.3 Å². The van der Waals surface area contributed by atoms with E-state index in [1.54, 1.807) is 18.2 Å². The molecular formula is C19H23N3O3. The van der Waals surface area contributed by atoms with Crippen molar-refractivity contribution in [1.82, 2.24) is 5.32 Å². The molecule has 0 heterocycles. The van der Waals surface area contributed by atoms with Crippen LogP contribution in [0.5, 0.6) is 5.75 Å². The second-order valence-electron chi connectivity index (χ2n) is 5.74. The number of methoxy groups -OCH3 is 1. The number of urea groups is 1. The van der Waals surface area contributed by atoms with Crippen LogP contribution in [0.1, 0.15) is 25.3 Å². The van der Waals surface area contributed by atoms with E-state index in [1.165, 1.54) is 19.6 Å². The molecule has 0 bridgehead atoms. The maximum atomic E-state index is 12.1. The van der Waals surface area contributed by atoms with Gasteiger partial charge in [-0.15, -0.1) is 0 Å². The number of hydrogen-bond donors (Lipinski definition) is 3. The predicted molar refractivity (Wildman–Crippen MR) is 99.2 cm³/mol. The van der Waals surface area contributed by atoms with E-state index in [4.69, 9.17) is 4.74 Å². The molecule has 6 nitrogen and oxygen atoms in total. The summed E-state index contributed by atoms with van der Waals surface area (Å²) < 4.78 is 5.19. The summed E-state index contributed by atoms with van der Waals surface area (Å²) >= 11 is 0. The zero-order valence-electron chi connectivity index (χ0n) is 14.6. The van der Waals surface area contributed by atoms with Crippen LogP contribution in [0.3, 0.4) is 0 Å². The summed E-state index contributed by atoms with van der Waals surface area (Å²) in [6, 6.07) is 14.7. The fraction of sp³-hybridized carbons (Fsp3) is 0.263. The van der Waals surface area contributed by atoms with Gasteiger partial charge in [-0.2, -0.15) is 0 Å². The molecule has 1 unspecified atom stereocenters. The lowest BCUT2D eigenvalue weighted by atomic mass is 10.0. The van der Waals surface area contributed by atoms with Crippen LogP contribution in [0.2, 0.25) is 0 Å². The standard InChI is InChI=1S/C19H23N3O3/c1-13(15-7-5-4-6-8-15)12-20-19(24)22-16-9-10-18(25-3)17(11-16)21-14(2)23/h4-11,13H,12H2,1-3H3,(H,21,23)(H2,20,22,24). The summed E-state index contributed by atoms with van der Waals surface area (Å²) in [5.74, 6) is 0.521. The van der Waals surface area contributed by atoms with Crippen molar-refractivity contribution in [3.63, 3.8) is 0 Å². The molecule has 3 N–H and O–H groups in total. The van der Waals surface area contributed by atoms with Crippen LogP contribution in [0.4, 0.5) is 16.2 Å². The van der Waals surface area contributed by atoms with Gasteiger partial charge < -0.3 is 20.7 Å². The molecule has 0 spiro atoms. The van der Waals surface area contributed by atoms with Crippen molar-refractivity contribution in [3.8, 4) is 5.75 Å². The van der Waals surface area contributed by atoms with Crippen molar-refractivity contribution < 1.29 is 14.3 Å². The lowest BCUT2D eigenvalue weighted by molar-refractivity contribution is -0.114. The molecule has 2 rings (SSSR count). The highest BCUT2D eigenvalue weighted by Crippen LogP contribution is 2.27. The van der Waals surface area contributed by atoms with Crippen LogP contribution >= 0.6 is 0 Å². The minimum absolute atomic E-state index is 0.206. The number of anilines is 2. The van der Waals surface area contributed by atoms with E-state index in [1.807, 2.05) is 30.3 Å². The third-order valence-corrected chi connectivity index (χ3v) is 3.71. The zero-order chi connectivity index (χ0) is 18.2. The molecule has 0 aliphatic heterocycles. The van der Waals surface area contributed by atoms with Crippen LogP contribution in [-0.2, 0) is 4.79 Å². The molecular weight excluding hydrogens is 318 g/mol. The third-order valence-electron chi connectivity index (χ3n) is 3.71. The smallest absolute Gasteiger partial charge is 0.319 e. The molecule has 132 valence electrons. The van der Waals surface area contributed by atoms with Crippen LogP contribution < -0.4 is 20.7 Å². The van der Waals surface area contributed by atoms with E-state index < -0.39 is 0 Å². The zero-order valence-corrected chi connectivity index (χ0v) is 14.6. The Morgan fingerprint density at radius 3 is 2.44 bits per heavy atom. The van der Waals surface area contributed by atoms with Crippen molar-refractivity contribution in [1.29, 1.82) is 0 Å². The van der Waals surface area contributed by atoms with Gasteiger partial charge >= 0.3 is 6.03 Å². The van der Waals surface area contributed by atoms with E-state index >= 15 is 0 Å². The second-order valence-corrected chi connectivity index (χ2v) is 5.74. The van der Waals surface area contributed by atoms with E-state index in [0.29, 0.717) is 23.7 Å². The first kappa shape index (κ1) is 18.3. The highest BCUT2D eigenvalue weighted by molar-refractivity contribution is 5.94. The molecule has 0 aliphatic rings. The van der Waals surface area contributed by atoms with E-state index in [2.05, 4.69) is 22.9 Å². The quantitative estimate of drug-likeness (QED) is 0.751. The average molecular weight is 341 g/mol. The van der Waals surface area contributed by atoms with Gasteiger partial charge in [0, 0.05) is 19.2 Å². The van der Waals surface area contributed by atoms with Gasteiger partial charge in [-0.25, -0.2) is 4.79 Å². The van der Waals surface area contributed by atoms with Gasteiger partial charge in [-0.05, 0) is 29.7 Å². The fourth-order valence-electron chi connectivity index (χ4n) is 2.39. The highest BCUT2D eigenvalue weighted by Gasteiger charge is 2.10. The normalized spacial score (nSPS) is 11.3. The number of carbonyl (C=O) groups is 2. The van der Waals surface area contributed by atoms with Gasteiger partial charge in [0.15, 0.2) is 0 Å². The number of nitrogens with one attached hydrogen (secondary N) is 3. The summed E-state index contributed by atoms with van der Waals surface area (Å²) in [7, 11) is 1.52. The molecule has 0 radical (unpaired) electrons. The average Bonchev–Trinajstić information content (AvgIpc) is 2.60. The first-order chi connectivity index (χ1) is 12.0. The lowest BCUT2D eigenvalue weighted by Crippen LogP contribution is -2.31. The molecule has 0 saturated carbocycles. The van der Waals surface area contributed by atoms with Gasteiger partial charge in [-0.3, -0.25) is 4.79 Å². The Balaban J connectivity index is 1.94. The first-order valence-corrected chi connectivity index (χ1v) is 8.05. The number of ether oxygens (including phenoxy) is 1. The minimum Gasteiger partial charge on any atom is -0.495 e. The van der Waals surface area contributed by atoms with Gasteiger partial charge in [0.25, 0.3) is 0 Å². The number of hydrogen-bond acceptors (Lipinski definition) is 3. The third kappa shape index (κ3) is 5.53. The molecule has 3 amide bonds. The SMILES string of the molecule is COc1ccc(NC(=O)NCC(C)c2ccccc2)cc1NC(C)=O. The summed E-state index contributed by atoms with van der Waals surface area (Å²) in [5, 5.41) is 8.28. The molecule has 0 aliphatic carbocycles. The maximum Gasteiger partial charge on any atom is 0.319 e. The number of amides is 3. The Labute approximate surface area is 147 Å². The molecule has 0 fully saturated rings. The van der Waals surface area contributed by atoms with Crippen LogP contribution in [0.15, 0.2) is 48.5 Å². The number of rotatable bonds is 6. The molecule has 25 heavy (non-hydrogen) atoms. The fourth-order valence-corrected chi connectivity index (χ4v) is 2.39. The van der Waals surface area contributed by atoms with Gasteiger partial charge in [-0.1, -0.05) is 37.3 Å². The summed E-state index contributed by atoms with van der Waals surface area (Å²) in [5.41, 5.74) is 2.24. The molecule has 1 atom stereocenters. The summed E-state index contributed by atoms with van der Waals surface area (Å²) in [4.78, 5) is 23.4. The molecule has 2 aromatic carbocycles. The Morgan fingerprint density at radius 2 is 1.80 bits per heavy atom. The Kier molecular flexibility index (Phi) is 6.39. The Bertz CT molecular complexity index is 732. The Hall–Kier alpha value is -3.02. The van der Waals surface area contributed by atoms with E-state index in [9.17, 15) is 9.59 Å². The van der Waals surface area contributed by atoms with Crippen molar-refractivity contribution in [2.45, 2.75) is 19.8 Å². The molecule has 0 saturated heterocycles. The van der Waals surface area contributed by atoms with Gasteiger partial charge in [0.2, 0.25) is 5.91 Å². The number of benzene rings is 2. The van der Waals surface area contributed by atoms with Crippen molar-refractivity contribution in [2.24, 2.45) is 0 Å². The highest BCUT2D eigenvalue weighted by atomic mass is 16.5. The molecule has 2 aromatic rings. The summed E-state index contributed by atoms with van der Waals surface area (Å²) in [6.45, 7) is 3.99. The van der Waals surface area contributed by atoms with Crippen LogP contribution in [-0.4, -0.2) is 25.6 Å². The topological polar surface area (TPSA) is 79.5 Å². The maximum absolute atomic E-state index is 12.1. The molecule has 6 heteroatoms. The monoisotopic (exact) mass is 341 g/mol. The minimum atomic E-state index is -0.304. The van der Waals surface area contributed by atoms with Crippen LogP contribution in [0, 0.1) is 0 Å². The van der Waals surface area contributed by atoms with Crippen LogP contribution in [0.25, 0.3) is 0 Å². The number of carbonyl (C=O) groups excluding carboxylic acids is 2. The second kappa shape index (κ2) is 8.73. The van der Waals surface area contributed by atoms with E-state index in [-0.39, 0.29) is 17.9 Å². The lowest BCUT2D eigenvalue weighted by Gasteiger charge is -2.15. The van der Waals surface area contributed by atoms with Gasteiger partial charge in [0.05, 0.1) is 12.8 Å². The largest absolute Gasteiger partial charge is 0.495 e. The van der Waals surface area contributed by atoms with Gasteiger partial charge in [0.1, 0.15) is 5.75 Å².